The van der Waals surface area contributed by atoms with Crippen LogP contribution in [0.25, 0.3) is 0 Å². The summed E-state index contributed by atoms with van der Waals surface area (Å²) in [5.41, 5.74) is 6.07. The molecule has 2 atom stereocenters. The molecule has 1 saturated heterocycles. The Hall–Kier alpha value is -1.66. The lowest BCUT2D eigenvalue weighted by molar-refractivity contribution is -0.116. The zero-order valence-corrected chi connectivity index (χ0v) is 12.2. The van der Waals surface area contributed by atoms with Gasteiger partial charge in [-0.2, -0.15) is 0 Å². The van der Waals surface area contributed by atoms with Crippen molar-refractivity contribution in [3.8, 4) is 0 Å². The van der Waals surface area contributed by atoms with Crippen LogP contribution in [0.15, 0.2) is 18.2 Å². The third kappa shape index (κ3) is 4.41. The molecule has 1 fully saturated rings. The first-order valence-corrected chi connectivity index (χ1v) is 7.21. The summed E-state index contributed by atoms with van der Waals surface area (Å²) in [6.07, 6.45) is 0.843. The van der Waals surface area contributed by atoms with E-state index in [2.05, 4.69) is 10.2 Å². The maximum Gasteiger partial charge on any atom is 0.225 e. The number of aliphatic hydroxyl groups excluding tert-OH is 1. The van der Waals surface area contributed by atoms with Gasteiger partial charge in [-0.3, -0.25) is 4.79 Å². The summed E-state index contributed by atoms with van der Waals surface area (Å²) in [6.45, 7) is 4.04. The van der Waals surface area contributed by atoms with Crippen LogP contribution in [0, 0.1) is 11.7 Å². The Morgan fingerprint density at radius 1 is 1.57 bits per heavy atom. The number of halogens is 1. The van der Waals surface area contributed by atoms with Crippen LogP contribution in [-0.2, 0) is 4.79 Å². The number of nitrogens with two attached hydrogens (primary N) is 1. The van der Waals surface area contributed by atoms with E-state index in [1.165, 1.54) is 18.2 Å². The summed E-state index contributed by atoms with van der Waals surface area (Å²) in [6, 6.07) is 4.08. The van der Waals surface area contributed by atoms with Gasteiger partial charge in [-0.15, -0.1) is 0 Å². The van der Waals surface area contributed by atoms with E-state index in [-0.39, 0.29) is 24.1 Å². The number of likely N-dealkylation sites (tertiary alicyclic amines) is 1. The number of nitrogens with one attached hydrogen (secondary N) is 1. The van der Waals surface area contributed by atoms with Crippen LogP contribution in [-0.4, -0.2) is 41.7 Å². The van der Waals surface area contributed by atoms with E-state index >= 15 is 0 Å². The first kappa shape index (κ1) is 15.7. The molecule has 0 radical (unpaired) electrons. The number of anilines is 2. The molecule has 1 aliphatic rings. The second-order valence-corrected chi connectivity index (χ2v) is 5.67. The molecule has 0 bridgehead atoms. The van der Waals surface area contributed by atoms with Gasteiger partial charge in [0.2, 0.25) is 5.91 Å². The molecule has 2 rings (SSSR count). The van der Waals surface area contributed by atoms with Crippen LogP contribution < -0.4 is 11.1 Å². The highest BCUT2D eigenvalue weighted by atomic mass is 19.1. The summed E-state index contributed by atoms with van der Waals surface area (Å²) in [7, 11) is 0. The van der Waals surface area contributed by atoms with E-state index in [1.54, 1.807) is 0 Å². The predicted molar refractivity (Wildman–Crippen MR) is 80.3 cm³/mol. The minimum Gasteiger partial charge on any atom is -0.399 e. The number of amides is 1. The minimum absolute atomic E-state index is 0.104. The van der Waals surface area contributed by atoms with Crippen molar-refractivity contribution < 1.29 is 14.3 Å². The molecular weight excluding hydrogens is 273 g/mol. The van der Waals surface area contributed by atoms with Gasteiger partial charge in [-0.1, -0.05) is 6.92 Å². The molecule has 1 amide bonds. The Balaban J connectivity index is 1.81. The number of rotatable bonds is 4. The molecule has 0 spiro atoms. The zero-order chi connectivity index (χ0) is 15.4. The average molecular weight is 295 g/mol. The van der Waals surface area contributed by atoms with Gasteiger partial charge in [-0.05, 0) is 37.1 Å². The number of piperidine rings is 1. The van der Waals surface area contributed by atoms with Gasteiger partial charge < -0.3 is 21.1 Å². The third-order valence-corrected chi connectivity index (χ3v) is 3.92. The number of hydrogen-bond donors (Lipinski definition) is 3. The Morgan fingerprint density at radius 2 is 2.33 bits per heavy atom. The van der Waals surface area contributed by atoms with E-state index in [0.717, 1.165) is 13.0 Å². The topological polar surface area (TPSA) is 78.6 Å². The molecule has 2 unspecified atom stereocenters. The van der Waals surface area contributed by atoms with Crippen molar-refractivity contribution in [1.29, 1.82) is 0 Å². The molecule has 116 valence electrons. The summed E-state index contributed by atoms with van der Waals surface area (Å²) < 4.78 is 13.5. The molecule has 1 heterocycles. The number of benzene rings is 1. The highest BCUT2D eigenvalue weighted by Gasteiger charge is 2.24. The van der Waals surface area contributed by atoms with Gasteiger partial charge >= 0.3 is 0 Å². The first-order valence-electron chi connectivity index (χ1n) is 7.21. The van der Waals surface area contributed by atoms with E-state index in [4.69, 9.17) is 5.73 Å². The van der Waals surface area contributed by atoms with Crippen LogP contribution >= 0.6 is 0 Å². The maximum atomic E-state index is 13.5. The number of nitrogens with zero attached hydrogens (tertiary/aromatic N) is 1. The molecule has 4 N–H and O–H groups in total. The quantitative estimate of drug-likeness (QED) is 0.734. The van der Waals surface area contributed by atoms with Crippen molar-refractivity contribution in [2.75, 3.05) is 30.7 Å². The molecular formula is C15H22FN3O2. The zero-order valence-electron chi connectivity index (χ0n) is 12.2. The molecule has 1 aromatic rings. The van der Waals surface area contributed by atoms with Crippen molar-refractivity contribution in [3.63, 3.8) is 0 Å². The highest BCUT2D eigenvalue weighted by Crippen LogP contribution is 2.19. The van der Waals surface area contributed by atoms with Crippen molar-refractivity contribution in [3.05, 3.63) is 24.0 Å². The standard InChI is InChI=1S/C15H22FN3O2/c1-10-4-6-19(9-14(10)20)7-5-15(21)18-13-8-11(17)2-3-12(13)16/h2-3,8,10,14,20H,4-7,9,17H2,1H3,(H,18,21). The van der Waals surface area contributed by atoms with Gasteiger partial charge in [0.05, 0.1) is 11.8 Å². The lowest BCUT2D eigenvalue weighted by Crippen LogP contribution is -2.43. The first-order chi connectivity index (χ1) is 9.95. The van der Waals surface area contributed by atoms with Crippen LogP contribution in [0.5, 0.6) is 0 Å². The molecule has 6 heteroatoms. The molecule has 21 heavy (non-hydrogen) atoms. The van der Waals surface area contributed by atoms with E-state index in [9.17, 15) is 14.3 Å². The Labute approximate surface area is 123 Å². The number of nitrogen functional groups attached to an aromatic ring is 1. The Morgan fingerprint density at radius 3 is 3.05 bits per heavy atom. The number of carbonyl (C=O) groups is 1. The molecule has 0 aliphatic carbocycles. The van der Waals surface area contributed by atoms with Gasteiger partial charge in [0.1, 0.15) is 5.82 Å². The molecule has 5 nitrogen and oxygen atoms in total. The fourth-order valence-corrected chi connectivity index (χ4v) is 2.43. The molecule has 0 aromatic heterocycles. The second-order valence-electron chi connectivity index (χ2n) is 5.67. The smallest absolute Gasteiger partial charge is 0.225 e. The third-order valence-electron chi connectivity index (χ3n) is 3.92. The van der Waals surface area contributed by atoms with Gasteiger partial charge in [0, 0.05) is 25.2 Å². The van der Waals surface area contributed by atoms with Crippen LogP contribution in [0.4, 0.5) is 15.8 Å². The van der Waals surface area contributed by atoms with Crippen molar-refractivity contribution >= 4 is 17.3 Å². The van der Waals surface area contributed by atoms with E-state index < -0.39 is 5.82 Å². The largest absolute Gasteiger partial charge is 0.399 e. The lowest BCUT2D eigenvalue weighted by Gasteiger charge is -2.34. The van der Waals surface area contributed by atoms with Crippen molar-refractivity contribution in [1.82, 2.24) is 4.90 Å². The Kier molecular flexibility index (Phi) is 5.14. The summed E-state index contributed by atoms with van der Waals surface area (Å²) in [5, 5.41) is 12.3. The fourth-order valence-electron chi connectivity index (χ4n) is 2.43. The number of aliphatic hydroxyl groups is 1. The Bertz CT molecular complexity index is 510. The lowest BCUT2D eigenvalue weighted by atomic mass is 9.96. The normalized spacial score (nSPS) is 23.0. The van der Waals surface area contributed by atoms with Gasteiger partial charge in [0.25, 0.3) is 0 Å². The maximum absolute atomic E-state index is 13.5. The van der Waals surface area contributed by atoms with Crippen LogP contribution in [0.1, 0.15) is 19.8 Å². The number of carbonyl (C=O) groups excluding carboxylic acids is 1. The predicted octanol–water partition coefficient (Wildman–Crippen LogP) is 1.44. The summed E-state index contributed by atoms with van der Waals surface area (Å²) >= 11 is 0. The van der Waals surface area contributed by atoms with Gasteiger partial charge in [-0.25, -0.2) is 4.39 Å². The molecule has 1 aromatic carbocycles. The minimum atomic E-state index is -0.500. The number of β-amino-alcohol motifs (C(OH)–C–C–N with tert-alkyl or cyclic N) is 1. The fraction of sp³-hybridized carbons (Fsp3) is 0.533. The highest BCUT2D eigenvalue weighted by molar-refractivity contribution is 5.91. The van der Waals surface area contributed by atoms with Crippen molar-refractivity contribution in [2.45, 2.75) is 25.9 Å². The molecule has 0 saturated carbocycles. The number of hydrogen-bond acceptors (Lipinski definition) is 4. The summed E-state index contributed by atoms with van der Waals surface area (Å²) in [4.78, 5) is 13.9. The molecule has 1 aliphatic heterocycles. The SMILES string of the molecule is CC1CCN(CCC(=O)Nc2cc(N)ccc2F)CC1O. The second kappa shape index (κ2) is 6.87. The monoisotopic (exact) mass is 295 g/mol. The van der Waals surface area contributed by atoms with Crippen molar-refractivity contribution in [2.24, 2.45) is 5.92 Å². The van der Waals surface area contributed by atoms with Gasteiger partial charge in [0.15, 0.2) is 0 Å². The summed E-state index contributed by atoms with van der Waals surface area (Å²) in [5.74, 6) is -0.455. The van der Waals surface area contributed by atoms with E-state index in [0.29, 0.717) is 24.7 Å². The van der Waals surface area contributed by atoms with Crippen LogP contribution in [0.3, 0.4) is 0 Å². The van der Waals surface area contributed by atoms with E-state index in [1.807, 2.05) is 6.92 Å². The van der Waals surface area contributed by atoms with Crippen LogP contribution in [0.2, 0.25) is 0 Å². The average Bonchev–Trinajstić information content (AvgIpc) is 2.44.